The molecule has 108 valence electrons. The number of hydrazine groups is 1. The van der Waals surface area contributed by atoms with Crippen LogP contribution in [-0.2, 0) is 6.42 Å². The summed E-state index contributed by atoms with van der Waals surface area (Å²) in [5, 5.41) is 0. The average Bonchev–Trinajstić information content (AvgIpc) is 2.34. The van der Waals surface area contributed by atoms with Gasteiger partial charge in [0.05, 0.1) is 0 Å². The molecular formula is C17H30N2. The smallest absolute Gasteiger partial charge is 0.0213 e. The van der Waals surface area contributed by atoms with E-state index in [1.807, 2.05) is 0 Å². The van der Waals surface area contributed by atoms with Gasteiger partial charge in [0, 0.05) is 6.04 Å². The molecule has 0 fully saturated rings. The Kier molecular flexibility index (Phi) is 6.53. The van der Waals surface area contributed by atoms with Crippen LogP contribution in [0.4, 0.5) is 0 Å². The van der Waals surface area contributed by atoms with Crippen LogP contribution in [0.1, 0.15) is 57.6 Å². The Bertz CT molecular complexity index is 366. The van der Waals surface area contributed by atoms with Crippen LogP contribution in [0.25, 0.3) is 0 Å². The monoisotopic (exact) mass is 262 g/mol. The third-order valence-electron chi connectivity index (χ3n) is 3.74. The standard InChI is InChI=1S/C17H30N2/c1-14-8-5-6-9-15(14)11-12-16(19-18)10-7-13-17(2,3)4/h5-6,8-9,16,19H,7,10-13,18H2,1-4H3. The molecule has 3 N–H and O–H groups in total. The summed E-state index contributed by atoms with van der Waals surface area (Å²) in [5.74, 6) is 5.67. The molecule has 1 unspecified atom stereocenters. The molecule has 0 radical (unpaired) electrons. The molecule has 0 aliphatic rings. The summed E-state index contributed by atoms with van der Waals surface area (Å²) in [6.45, 7) is 9.07. The Hall–Kier alpha value is -0.860. The molecule has 19 heavy (non-hydrogen) atoms. The minimum Gasteiger partial charge on any atom is -0.271 e. The Labute approximate surface area is 118 Å². The molecule has 1 aromatic rings. The van der Waals surface area contributed by atoms with Crippen LogP contribution in [-0.4, -0.2) is 6.04 Å². The molecule has 0 saturated carbocycles. The summed E-state index contributed by atoms with van der Waals surface area (Å²) in [6, 6.07) is 9.05. The zero-order valence-electron chi connectivity index (χ0n) is 13.0. The van der Waals surface area contributed by atoms with E-state index in [4.69, 9.17) is 5.84 Å². The fourth-order valence-corrected chi connectivity index (χ4v) is 2.41. The van der Waals surface area contributed by atoms with E-state index >= 15 is 0 Å². The molecule has 0 aromatic heterocycles. The van der Waals surface area contributed by atoms with Crippen molar-refractivity contribution in [2.45, 2.75) is 65.8 Å². The van der Waals surface area contributed by atoms with Crippen molar-refractivity contribution < 1.29 is 0 Å². The molecule has 0 saturated heterocycles. The van der Waals surface area contributed by atoms with Crippen molar-refractivity contribution in [1.82, 2.24) is 5.43 Å². The second-order valence-corrected chi connectivity index (χ2v) is 6.78. The highest BCUT2D eigenvalue weighted by molar-refractivity contribution is 5.25. The molecule has 0 amide bonds. The molecule has 2 nitrogen and oxygen atoms in total. The lowest BCUT2D eigenvalue weighted by Crippen LogP contribution is -2.35. The lowest BCUT2D eigenvalue weighted by atomic mass is 9.88. The quantitative estimate of drug-likeness (QED) is 0.576. The summed E-state index contributed by atoms with van der Waals surface area (Å²) in [5.41, 5.74) is 6.23. The van der Waals surface area contributed by atoms with E-state index in [9.17, 15) is 0 Å². The zero-order valence-corrected chi connectivity index (χ0v) is 13.0. The number of rotatable bonds is 7. The van der Waals surface area contributed by atoms with Crippen molar-refractivity contribution >= 4 is 0 Å². The first-order valence-corrected chi connectivity index (χ1v) is 7.43. The molecule has 0 bridgehead atoms. The molecular weight excluding hydrogens is 232 g/mol. The predicted octanol–water partition coefficient (Wildman–Crippen LogP) is 3.98. The largest absolute Gasteiger partial charge is 0.271 e. The fraction of sp³-hybridized carbons (Fsp3) is 0.647. The average molecular weight is 262 g/mol. The number of hydrogen-bond acceptors (Lipinski definition) is 2. The minimum absolute atomic E-state index is 0.426. The Morgan fingerprint density at radius 2 is 1.84 bits per heavy atom. The van der Waals surface area contributed by atoms with Gasteiger partial charge in [0.25, 0.3) is 0 Å². The fourth-order valence-electron chi connectivity index (χ4n) is 2.41. The predicted molar refractivity (Wildman–Crippen MR) is 83.9 cm³/mol. The molecule has 0 aliphatic heterocycles. The highest BCUT2D eigenvalue weighted by Crippen LogP contribution is 2.22. The van der Waals surface area contributed by atoms with Crippen LogP contribution in [0.2, 0.25) is 0 Å². The summed E-state index contributed by atoms with van der Waals surface area (Å²) in [4.78, 5) is 0. The van der Waals surface area contributed by atoms with E-state index in [1.165, 1.54) is 30.4 Å². The third-order valence-corrected chi connectivity index (χ3v) is 3.74. The SMILES string of the molecule is Cc1ccccc1CCC(CCCC(C)(C)C)NN. The lowest BCUT2D eigenvalue weighted by molar-refractivity contribution is 0.338. The van der Waals surface area contributed by atoms with Crippen LogP contribution in [0, 0.1) is 12.3 Å². The van der Waals surface area contributed by atoms with Crippen molar-refractivity contribution in [3.8, 4) is 0 Å². The van der Waals surface area contributed by atoms with Gasteiger partial charge in [-0.25, -0.2) is 0 Å². The van der Waals surface area contributed by atoms with Gasteiger partial charge in [0.15, 0.2) is 0 Å². The van der Waals surface area contributed by atoms with E-state index in [1.54, 1.807) is 0 Å². The number of nitrogens with two attached hydrogens (primary N) is 1. The van der Waals surface area contributed by atoms with Crippen molar-refractivity contribution in [2.75, 3.05) is 0 Å². The maximum atomic E-state index is 5.67. The van der Waals surface area contributed by atoms with E-state index in [0.717, 1.165) is 12.8 Å². The number of aryl methyl sites for hydroxylation is 2. The lowest BCUT2D eigenvalue weighted by Gasteiger charge is -2.21. The van der Waals surface area contributed by atoms with Crippen molar-refractivity contribution in [1.29, 1.82) is 0 Å². The zero-order chi connectivity index (χ0) is 14.3. The van der Waals surface area contributed by atoms with Crippen LogP contribution < -0.4 is 11.3 Å². The van der Waals surface area contributed by atoms with Crippen LogP contribution >= 0.6 is 0 Å². The van der Waals surface area contributed by atoms with Gasteiger partial charge in [0.1, 0.15) is 0 Å². The van der Waals surface area contributed by atoms with Crippen molar-refractivity contribution in [3.63, 3.8) is 0 Å². The Morgan fingerprint density at radius 3 is 2.42 bits per heavy atom. The van der Waals surface area contributed by atoms with E-state index in [0.29, 0.717) is 11.5 Å². The molecule has 0 aliphatic carbocycles. The first-order valence-electron chi connectivity index (χ1n) is 7.43. The summed E-state index contributed by atoms with van der Waals surface area (Å²) in [7, 11) is 0. The van der Waals surface area contributed by atoms with Gasteiger partial charge in [-0.3, -0.25) is 11.3 Å². The first kappa shape index (κ1) is 16.2. The van der Waals surface area contributed by atoms with E-state index in [2.05, 4.69) is 57.4 Å². The van der Waals surface area contributed by atoms with Crippen molar-refractivity contribution in [3.05, 3.63) is 35.4 Å². The van der Waals surface area contributed by atoms with Crippen LogP contribution in [0.3, 0.4) is 0 Å². The number of hydrogen-bond donors (Lipinski definition) is 2. The molecule has 1 aromatic carbocycles. The summed E-state index contributed by atoms with van der Waals surface area (Å²) >= 11 is 0. The second kappa shape index (κ2) is 7.66. The first-order chi connectivity index (χ1) is 8.92. The van der Waals surface area contributed by atoms with Crippen LogP contribution in [0.5, 0.6) is 0 Å². The minimum atomic E-state index is 0.426. The summed E-state index contributed by atoms with van der Waals surface area (Å²) < 4.78 is 0. The highest BCUT2D eigenvalue weighted by atomic mass is 15.2. The van der Waals surface area contributed by atoms with Gasteiger partial charge >= 0.3 is 0 Å². The second-order valence-electron chi connectivity index (χ2n) is 6.78. The van der Waals surface area contributed by atoms with Gasteiger partial charge in [-0.2, -0.15) is 0 Å². The van der Waals surface area contributed by atoms with Crippen molar-refractivity contribution in [2.24, 2.45) is 11.3 Å². The van der Waals surface area contributed by atoms with Gasteiger partial charge in [-0.05, 0) is 49.1 Å². The van der Waals surface area contributed by atoms with Crippen LogP contribution in [0.15, 0.2) is 24.3 Å². The molecule has 1 atom stereocenters. The van der Waals surface area contributed by atoms with Gasteiger partial charge in [-0.15, -0.1) is 0 Å². The maximum absolute atomic E-state index is 5.67. The maximum Gasteiger partial charge on any atom is 0.0213 e. The van der Waals surface area contributed by atoms with Gasteiger partial charge in [0.2, 0.25) is 0 Å². The van der Waals surface area contributed by atoms with E-state index < -0.39 is 0 Å². The number of benzene rings is 1. The molecule has 1 rings (SSSR count). The van der Waals surface area contributed by atoms with E-state index in [-0.39, 0.29) is 0 Å². The third kappa shape index (κ3) is 6.74. The normalized spacial score (nSPS) is 13.5. The number of nitrogens with one attached hydrogen (secondary N) is 1. The Morgan fingerprint density at radius 1 is 1.16 bits per heavy atom. The van der Waals surface area contributed by atoms with Gasteiger partial charge < -0.3 is 0 Å². The highest BCUT2D eigenvalue weighted by Gasteiger charge is 2.12. The Balaban J connectivity index is 2.35. The molecule has 0 heterocycles. The van der Waals surface area contributed by atoms with Gasteiger partial charge in [-0.1, -0.05) is 51.5 Å². The molecule has 2 heteroatoms. The summed E-state index contributed by atoms with van der Waals surface area (Å²) in [6.07, 6.45) is 5.89. The topological polar surface area (TPSA) is 38.0 Å². The molecule has 0 spiro atoms.